The molecule has 0 amide bonds. The second kappa shape index (κ2) is 6.57. The molecule has 0 aromatic heterocycles. The zero-order chi connectivity index (χ0) is 21.6. The maximum absolute atomic E-state index is 12.3. The Labute approximate surface area is 185 Å². The number of epoxide rings is 1. The van der Waals surface area contributed by atoms with E-state index < -0.39 is 11.2 Å². The van der Waals surface area contributed by atoms with Crippen molar-refractivity contribution < 1.29 is 24.5 Å². The van der Waals surface area contributed by atoms with Gasteiger partial charge in [0.15, 0.2) is 0 Å². The van der Waals surface area contributed by atoms with Gasteiger partial charge in [-0.05, 0) is 92.4 Å². The molecule has 5 nitrogen and oxygen atoms in total. The predicted octanol–water partition coefficient (Wildman–Crippen LogP) is 3.76. The molecular formula is C26H38O5. The Morgan fingerprint density at radius 3 is 2.55 bits per heavy atom. The molecule has 31 heavy (non-hydrogen) atoms. The highest BCUT2D eigenvalue weighted by atomic mass is 16.6. The van der Waals surface area contributed by atoms with Crippen molar-refractivity contribution in [3.63, 3.8) is 0 Å². The summed E-state index contributed by atoms with van der Waals surface area (Å²) in [6.07, 6.45) is 11.7. The van der Waals surface area contributed by atoms with Gasteiger partial charge in [-0.25, -0.2) is 4.79 Å². The molecule has 5 fully saturated rings. The van der Waals surface area contributed by atoms with Gasteiger partial charge in [0.1, 0.15) is 6.61 Å². The van der Waals surface area contributed by atoms with Crippen molar-refractivity contribution in [3.8, 4) is 0 Å². The van der Waals surface area contributed by atoms with E-state index in [4.69, 9.17) is 9.47 Å². The van der Waals surface area contributed by atoms with Gasteiger partial charge in [0.25, 0.3) is 0 Å². The second-order valence-electron chi connectivity index (χ2n) is 12.4. The largest absolute Gasteiger partial charge is 0.458 e. The molecule has 0 bridgehead atoms. The van der Waals surface area contributed by atoms with Crippen molar-refractivity contribution in [2.24, 2.45) is 34.5 Å². The first-order valence-electron chi connectivity index (χ1n) is 12.6. The summed E-state index contributed by atoms with van der Waals surface area (Å²) in [5.41, 5.74) is -0.0719. The summed E-state index contributed by atoms with van der Waals surface area (Å²) >= 11 is 0. The first kappa shape index (κ1) is 20.7. The van der Waals surface area contributed by atoms with Crippen LogP contribution in [0.2, 0.25) is 0 Å². The molecule has 1 unspecified atom stereocenters. The zero-order valence-corrected chi connectivity index (χ0v) is 19.1. The summed E-state index contributed by atoms with van der Waals surface area (Å²) in [4.78, 5) is 11.7. The molecule has 2 N–H and O–H groups in total. The van der Waals surface area contributed by atoms with Crippen LogP contribution in [0.15, 0.2) is 11.6 Å². The highest BCUT2D eigenvalue weighted by Gasteiger charge is 2.68. The third-order valence-electron chi connectivity index (χ3n) is 11.1. The Hall–Kier alpha value is -0.910. The number of rotatable bonds is 3. The predicted molar refractivity (Wildman–Crippen MR) is 115 cm³/mol. The minimum Gasteiger partial charge on any atom is -0.458 e. The standard InChI is InChI=1S/C26H38O5/c1-23-9-10-25(28,13-18-15-30-18)12-17(23)3-4-21-20(23)5-7-24(2)19(6-8-26(21,24)29)16-11-22(27)31-14-16/h11,17-21,28-29H,3-10,12-15H2,1-2H3/t17-,18?,19-,20+,21-,23+,24-,25-,26+/m1/s1. The van der Waals surface area contributed by atoms with Gasteiger partial charge >= 0.3 is 5.97 Å². The van der Waals surface area contributed by atoms with E-state index in [2.05, 4.69) is 13.8 Å². The lowest BCUT2D eigenvalue weighted by Gasteiger charge is -2.64. The molecule has 0 aromatic rings. The summed E-state index contributed by atoms with van der Waals surface area (Å²) in [7, 11) is 0. The van der Waals surface area contributed by atoms with E-state index in [9.17, 15) is 15.0 Å². The van der Waals surface area contributed by atoms with Crippen LogP contribution in [-0.4, -0.2) is 46.7 Å². The fourth-order valence-electron chi connectivity index (χ4n) is 9.27. The number of hydrogen-bond donors (Lipinski definition) is 2. The molecule has 5 heteroatoms. The van der Waals surface area contributed by atoms with E-state index in [1.165, 1.54) is 0 Å². The lowest BCUT2D eigenvalue weighted by molar-refractivity contribution is -0.215. The van der Waals surface area contributed by atoms with E-state index in [0.717, 1.165) is 76.4 Å². The van der Waals surface area contributed by atoms with Crippen LogP contribution in [0.5, 0.6) is 0 Å². The van der Waals surface area contributed by atoms with Crippen LogP contribution in [0.25, 0.3) is 0 Å². The van der Waals surface area contributed by atoms with Crippen molar-refractivity contribution in [1.82, 2.24) is 0 Å². The molecule has 0 radical (unpaired) electrons. The Kier molecular flexibility index (Phi) is 4.39. The second-order valence-corrected chi connectivity index (χ2v) is 12.4. The summed E-state index contributed by atoms with van der Waals surface area (Å²) in [6, 6.07) is 0. The van der Waals surface area contributed by atoms with Crippen molar-refractivity contribution in [3.05, 3.63) is 11.6 Å². The van der Waals surface area contributed by atoms with E-state index in [0.29, 0.717) is 24.4 Å². The van der Waals surface area contributed by atoms with Crippen molar-refractivity contribution >= 4 is 5.97 Å². The van der Waals surface area contributed by atoms with Crippen LogP contribution < -0.4 is 0 Å². The Bertz CT molecular complexity index is 819. The van der Waals surface area contributed by atoms with Gasteiger partial charge in [-0.15, -0.1) is 0 Å². The number of carbonyl (C=O) groups excluding carboxylic acids is 1. The lowest BCUT2D eigenvalue weighted by Crippen LogP contribution is -2.63. The number of aliphatic hydroxyl groups is 2. The van der Waals surface area contributed by atoms with E-state index in [-0.39, 0.29) is 28.8 Å². The van der Waals surface area contributed by atoms with Crippen molar-refractivity contribution in [1.29, 1.82) is 0 Å². The topological polar surface area (TPSA) is 79.3 Å². The average Bonchev–Trinajstić information content (AvgIpc) is 3.34. The van der Waals surface area contributed by atoms with Crippen LogP contribution in [0.4, 0.5) is 0 Å². The molecule has 6 aliphatic rings. The fourth-order valence-corrected chi connectivity index (χ4v) is 9.27. The van der Waals surface area contributed by atoms with Crippen LogP contribution in [-0.2, 0) is 14.3 Å². The summed E-state index contributed by atoms with van der Waals surface area (Å²) in [5, 5.41) is 23.6. The monoisotopic (exact) mass is 430 g/mol. The molecule has 172 valence electrons. The van der Waals surface area contributed by atoms with Gasteiger partial charge in [-0.1, -0.05) is 13.8 Å². The van der Waals surface area contributed by atoms with Crippen molar-refractivity contribution in [2.45, 2.75) is 95.4 Å². The molecule has 9 atom stereocenters. The van der Waals surface area contributed by atoms with Crippen LogP contribution in [0.3, 0.4) is 0 Å². The molecule has 0 spiro atoms. The van der Waals surface area contributed by atoms with Gasteiger partial charge in [-0.2, -0.15) is 0 Å². The molecule has 4 aliphatic carbocycles. The van der Waals surface area contributed by atoms with E-state index >= 15 is 0 Å². The number of carbonyl (C=O) groups is 1. The summed E-state index contributed by atoms with van der Waals surface area (Å²) < 4.78 is 10.7. The fraction of sp³-hybridized carbons (Fsp3) is 0.885. The normalized spacial score (nSPS) is 55.7. The Morgan fingerprint density at radius 1 is 1.03 bits per heavy atom. The molecule has 2 aliphatic heterocycles. The van der Waals surface area contributed by atoms with Crippen LogP contribution in [0.1, 0.15) is 78.1 Å². The van der Waals surface area contributed by atoms with Gasteiger partial charge < -0.3 is 19.7 Å². The van der Waals surface area contributed by atoms with E-state index in [1.54, 1.807) is 6.08 Å². The molecular weight excluding hydrogens is 392 g/mol. The minimum absolute atomic E-state index is 0.171. The molecule has 6 rings (SSSR count). The summed E-state index contributed by atoms with van der Waals surface area (Å²) in [6.45, 7) is 5.97. The Morgan fingerprint density at radius 2 is 1.84 bits per heavy atom. The van der Waals surface area contributed by atoms with Crippen LogP contribution in [0, 0.1) is 34.5 Å². The smallest absolute Gasteiger partial charge is 0.331 e. The molecule has 4 saturated carbocycles. The maximum atomic E-state index is 12.3. The third-order valence-corrected chi connectivity index (χ3v) is 11.1. The molecule has 1 saturated heterocycles. The number of esters is 1. The lowest BCUT2D eigenvalue weighted by atomic mass is 9.42. The van der Waals surface area contributed by atoms with Crippen LogP contribution >= 0.6 is 0 Å². The number of hydrogen-bond acceptors (Lipinski definition) is 5. The molecule has 2 heterocycles. The number of cyclic esters (lactones) is 1. The number of ether oxygens (including phenoxy) is 2. The SMILES string of the molecule is C[C@]12CC[C@](O)(CC3CO3)C[C@H]1CC[C@@H]1[C@@H]2CC[C@]2(C)[C@@H](C3=CC(=O)OC3)CC[C@]12O. The highest BCUT2D eigenvalue weighted by molar-refractivity contribution is 5.85. The summed E-state index contributed by atoms with van der Waals surface area (Å²) in [5.74, 6) is 1.43. The number of fused-ring (bicyclic) bond motifs is 5. The Balaban J connectivity index is 1.26. The first-order valence-corrected chi connectivity index (χ1v) is 12.6. The third kappa shape index (κ3) is 2.88. The average molecular weight is 431 g/mol. The minimum atomic E-state index is -0.656. The highest BCUT2D eigenvalue weighted by Crippen LogP contribution is 2.70. The first-order chi connectivity index (χ1) is 14.7. The van der Waals surface area contributed by atoms with Gasteiger partial charge in [0, 0.05) is 17.9 Å². The van der Waals surface area contributed by atoms with E-state index in [1.807, 2.05) is 0 Å². The van der Waals surface area contributed by atoms with Gasteiger partial charge in [0.2, 0.25) is 0 Å². The van der Waals surface area contributed by atoms with Crippen molar-refractivity contribution in [2.75, 3.05) is 13.2 Å². The molecule has 0 aromatic carbocycles. The maximum Gasteiger partial charge on any atom is 0.331 e. The quantitative estimate of drug-likeness (QED) is 0.526. The van der Waals surface area contributed by atoms with Gasteiger partial charge in [-0.3, -0.25) is 0 Å². The van der Waals surface area contributed by atoms with Gasteiger partial charge in [0.05, 0.1) is 23.9 Å². The zero-order valence-electron chi connectivity index (χ0n) is 19.1.